The molecule has 0 saturated carbocycles. The first-order valence-electron chi connectivity index (χ1n) is 10.0. The second kappa shape index (κ2) is 7.49. The molecule has 0 aliphatic carbocycles. The molecule has 160 valence electrons. The van der Waals surface area contributed by atoms with Crippen molar-refractivity contribution in [3.63, 3.8) is 0 Å². The van der Waals surface area contributed by atoms with Gasteiger partial charge < -0.3 is 15.0 Å². The molecule has 0 radical (unpaired) electrons. The number of hydrogen-bond donors (Lipinski definition) is 1. The Bertz CT molecular complexity index is 1120. The maximum Gasteiger partial charge on any atom is 0.417 e. The minimum absolute atomic E-state index is 0.0558. The van der Waals surface area contributed by atoms with Crippen LogP contribution in [0.1, 0.15) is 22.5 Å². The first kappa shape index (κ1) is 19.7. The van der Waals surface area contributed by atoms with Crippen LogP contribution in [0.3, 0.4) is 0 Å². The number of hydrogen-bond acceptors (Lipinski definition) is 5. The average molecular weight is 428 g/mol. The van der Waals surface area contributed by atoms with Gasteiger partial charge in [0, 0.05) is 36.8 Å². The predicted octanol–water partition coefficient (Wildman–Crippen LogP) is 3.87. The van der Waals surface area contributed by atoms with Crippen molar-refractivity contribution in [3.8, 4) is 11.6 Å². The Morgan fingerprint density at radius 3 is 2.74 bits per heavy atom. The number of rotatable bonds is 3. The summed E-state index contributed by atoms with van der Waals surface area (Å²) in [6.07, 6.45) is -2.62. The number of carbonyl (C=O) groups excluding carboxylic acids is 1. The molecule has 2 saturated heterocycles. The molecule has 1 amide bonds. The Hall–Kier alpha value is -3.20. The summed E-state index contributed by atoms with van der Waals surface area (Å²) in [6.45, 7) is 2.47. The Morgan fingerprint density at radius 2 is 2.00 bits per heavy atom. The van der Waals surface area contributed by atoms with Crippen LogP contribution < -0.4 is 10.1 Å². The molecular weight excluding hydrogens is 409 g/mol. The Labute approximate surface area is 176 Å². The summed E-state index contributed by atoms with van der Waals surface area (Å²) >= 11 is 0. The van der Waals surface area contributed by atoms with E-state index in [-0.39, 0.29) is 11.8 Å². The molecule has 1 N–H and O–H groups in total. The first-order chi connectivity index (χ1) is 14.9. The third-order valence-electron chi connectivity index (χ3n) is 5.82. The van der Waals surface area contributed by atoms with Crippen LogP contribution in [0.25, 0.3) is 10.9 Å². The van der Waals surface area contributed by atoms with Crippen LogP contribution in [0.5, 0.6) is 11.6 Å². The summed E-state index contributed by atoms with van der Waals surface area (Å²) < 4.78 is 43.5. The second-order valence-corrected chi connectivity index (χ2v) is 7.86. The highest BCUT2D eigenvalue weighted by Gasteiger charge is 2.38. The number of carbonyl (C=O) groups is 1. The molecule has 2 aliphatic heterocycles. The van der Waals surface area contributed by atoms with Crippen LogP contribution in [0.15, 0.2) is 48.7 Å². The van der Waals surface area contributed by atoms with Gasteiger partial charge in [-0.3, -0.25) is 4.79 Å². The van der Waals surface area contributed by atoms with E-state index in [0.717, 1.165) is 37.2 Å². The number of pyridine rings is 2. The van der Waals surface area contributed by atoms with Gasteiger partial charge in [-0.25, -0.2) is 9.97 Å². The molecule has 6 nitrogen and oxygen atoms in total. The summed E-state index contributed by atoms with van der Waals surface area (Å²) in [5.74, 6) is 0.912. The molecule has 9 heteroatoms. The molecule has 5 rings (SSSR count). The number of likely N-dealkylation sites (tertiary alicyclic amines) is 1. The van der Waals surface area contributed by atoms with Gasteiger partial charge in [0.1, 0.15) is 11.4 Å². The van der Waals surface area contributed by atoms with Gasteiger partial charge in [-0.15, -0.1) is 0 Å². The summed E-state index contributed by atoms with van der Waals surface area (Å²) in [4.78, 5) is 22.9. The van der Waals surface area contributed by atoms with E-state index >= 15 is 0 Å². The summed E-state index contributed by atoms with van der Waals surface area (Å²) in [5.41, 5.74) is 0.193. The number of halogens is 3. The number of nitrogens with one attached hydrogen (secondary N) is 1. The van der Waals surface area contributed by atoms with Crippen molar-refractivity contribution in [2.24, 2.45) is 5.92 Å². The highest BCUT2D eigenvalue weighted by Crippen LogP contribution is 2.31. The van der Waals surface area contributed by atoms with Crippen molar-refractivity contribution in [2.45, 2.75) is 18.6 Å². The molecular formula is C22H19F3N4O2. The lowest BCUT2D eigenvalue weighted by Crippen LogP contribution is -2.34. The Morgan fingerprint density at radius 1 is 1.13 bits per heavy atom. The predicted molar refractivity (Wildman–Crippen MR) is 107 cm³/mol. The van der Waals surface area contributed by atoms with Gasteiger partial charge in [-0.1, -0.05) is 6.07 Å². The standard InChI is InChI=1S/C22H19F3N4O2/c23-22(24,25)15-2-6-20(27-10-15)31-16-3-5-17-13(9-16)1-4-18(28-17)21(30)29-11-14-7-8-26-19(14)12-29/h1-6,9-10,14,19,26H,7-8,11-12H2/t14-,19+/m0/s1. The largest absolute Gasteiger partial charge is 0.439 e. The maximum absolute atomic E-state index is 12.9. The molecule has 1 aromatic carbocycles. The van der Waals surface area contributed by atoms with Gasteiger partial charge in [0.15, 0.2) is 0 Å². The highest BCUT2D eigenvalue weighted by atomic mass is 19.4. The van der Waals surface area contributed by atoms with E-state index in [1.165, 1.54) is 6.07 Å². The Balaban J connectivity index is 1.31. The summed E-state index contributed by atoms with van der Waals surface area (Å²) in [5, 5.41) is 4.18. The number of benzene rings is 1. The van der Waals surface area contributed by atoms with Crippen molar-refractivity contribution in [1.29, 1.82) is 0 Å². The molecule has 4 heterocycles. The van der Waals surface area contributed by atoms with Gasteiger partial charge in [0.05, 0.1) is 11.1 Å². The Kier molecular flexibility index (Phi) is 4.77. The minimum atomic E-state index is -4.44. The molecule has 0 spiro atoms. The number of fused-ring (bicyclic) bond motifs is 2. The first-order valence-corrected chi connectivity index (χ1v) is 10.0. The molecule has 3 aromatic rings. The molecule has 31 heavy (non-hydrogen) atoms. The van der Waals surface area contributed by atoms with E-state index in [2.05, 4.69) is 15.3 Å². The van der Waals surface area contributed by atoms with E-state index in [0.29, 0.717) is 35.5 Å². The van der Waals surface area contributed by atoms with Crippen LogP contribution in [0.4, 0.5) is 13.2 Å². The lowest BCUT2D eigenvalue weighted by atomic mass is 10.1. The van der Waals surface area contributed by atoms with Crippen LogP contribution in [0.2, 0.25) is 0 Å². The van der Waals surface area contributed by atoms with E-state index in [9.17, 15) is 18.0 Å². The fourth-order valence-electron chi connectivity index (χ4n) is 4.19. The van der Waals surface area contributed by atoms with E-state index in [4.69, 9.17) is 4.74 Å². The monoisotopic (exact) mass is 428 g/mol. The zero-order valence-corrected chi connectivity index (χ0v) is 16.4. The number of nitrogens with zero attached hydrogens (tertiary/aromatic N) is 3. The van der Waals surface area contributed by atoms with Crippen molar-refractivity contribution in [3.05, 3.63) is 59.9 Å². The number of ether oxygens (including phenoxy) is 1. The number of alkyl halides is 3. The van der Waals surface area contributed by atoms with Crippen molar-refractivity contribution >= 4 is 16.8 Å². The van der Waals surface area contributed by atoms with Gasteiger partial charge in [0.25, 0.3) is 5.91 Å². The normalized spacial score (nSPS) is 20.8. The second-order valence-electron chi connectivity index (χ2n) is 7.86. The third kappa shape index (κ3) is 3.93. The van der Waals surface area contributed by atoms with Gasteiger partial charge in [-0.05, 0) is 49.2 Å². The van der Waals surface area contributed by atoms with Crippen LogP contribution >= 0.6 is 0 Å². The van der Waals surface area contributed by atoms with Crippen molar-refractivity contribution < 1.29 is 22.7 Å². The van der Waals surface area contributed by atoms with Gasteiger partial charge >= 0.3 is 6.18 Å². The zero-order valence-electron chi connectivity index (χ0n) is 16.4. The number of aromatic nitrogens is 2. The highest BCUT2D eigenvalue weighted by molar-refractivity contribution is 5.95. The lowest BCUT2D eigenvalue weighted by molar-refractivity contribution is -0.137. The van der Waals surface area contributed by atoms with Crippen LogP contribution in [-0.4, -0.2) is 46.5 Å². The fourth-order valence-corrected chi connectivity index (χ4v) is 4.19. The van der Waals surface area contributed by atoms with E-state index < -0.39 is 11.7 Å². The number of amides is 1. The summed E-state index contributed by atoms with van der Waals surface area (Å²) in [6, 6.07) is 11.0. The molecule has 2 atom stereocenters. The summed E-state index contributed by atoms with van der Waals surface area (Å²) in [7, 11) is 0. The van der Waals surface area contributed by atoms with Crippen LogP contribution in [0, 0.1) is 5.92 Å². The molecule has 2 fully saturated rings. The average Bonchev–Trinajstić information content (AvgIpc) is 3.35. The quantitative estimate of drug-likeness (QED) is 0.686. The minimum Gasteiger partial charge on any atom is -0.439 e. The zero-order chi connectivity index (χ0) is 21.6. The SMILES string of the molecule is O=C(c1ccc2cc(Oc3ccc(C(F)(F)F)cn3)ccc2n1)N1C[C@@H]2CCN[C@@H]2C1. The third-order valence-corrected chi connectivity index (χ3v) is 5.82. The smallest absolute Gasteiger partial charge is 0.417 e. The van der Waals surface area contributed by atoms with E-state index in [1.54, 1.807) is 30.3 Å². The van der Waals surface area contributed by atoms with Crippen molar-refractivity contribution in [2.75, 3.05) is 19.6 Å². The maximum atomic E-state index is 12.9. The van der Waals surface area contributed by atoms with Crippen molar-refractivity contribution in [1.82, 2.24) is 20.2 Å². The lowest BCUT2D eigenvalue weighted by Gasteiger charge is -2.17. The molecule has 2 aliphatic rings. The topological polar surface area (TPSA) is 67.3 Å². The molecule has 2 aromatic heterocycles. The van der Waals surface area contributed by atoms with E-state index in [1.807, 2.05) is 4.90 Å². The van der Waals surface area contributed by atoms with Gasteiger partial charge in [0.2, 0.25) is 5.88 Å². The fraction of sp³-hybridized carbons (Fsp3) is 0.318. The molecule has 0 bridgehead atoms. The van der Waals surface area contributed by atoms with Crippen LogP contribution in [-0.2, 0) is 6.18 Å². The van der Waals surface area contributed by atoms with Gasteiger partial charge in [-0.2, -0.15) is 13.2 Å². The molecule has 0 unspecified atom stereocenters.